The van der Waals surface area contributed by atoms with Crippen LogP contribution in [0.25, 0.3) is 0 Å². The molecule has 1 aliphatic rings. The number of nitro groups is 1. The van der Waals surface area contributed by atoms with Crippen LogP contribution in [0.1, 0.15) is 6.92 Å². The van der Waals surface area contributed by atoms with Crippen molar-refractivity contribution in [2.45, 2.75) is 6.92 Å². The summed E-state index contributed by atoms with van der Waals surface area (Å²) in [5.74, 6) is -0.214. The Morgan fingerprint density at radius 1 is 1.36 bits per heavy atom. The van der Waals surface area contributed by atoms with Crippen LogP contribution in [0, 0.1) is 10.1 Å². The van der Waals surface area contributed by atoms with Gasteiger partial charge < -0.3 is 15.1 Å². The van der Waals surface area contributed by atoms with E-state index in [4.69, 9.17) is 23.8 Å². The standard InChI is InChI=1S/C13H15ClN4O3S/c1-9(19)15-13(22)17-7-5-16(6-8-17)12-10(14)3-2-4-11(12)18(20)21/h2-4H,5-8H2,1H3,(H,15,19,22). The molecule has 0 radical (unpaired) electrons. The summed E-state index contributed by atoms with van der Waals surface area (Å²) in [7, 11) is 0. The molecule has 22 heavy (non-hydrogen) atoms. The normalized spacial score (nSPS) is 14.6. The summed E-state index contributed by atoms with van der Waals surface area (Å²) >= 11 is 11.3. The lowest BCUT2D eigenvalue weighted by Crippen LogP contribution is -2.52. The van der Waals surface area contributed by atoms with Crippen molar-refractivity contribution < 1.29 is 9.72 Å². The average Bonchev–Trinajstić information content (AvgIpc) is 2.46. The number of hydrogen-bond acceptors (Lipinski definition) is 5. The summed E-state index contributed by atoms with van der Waals surface area (Å²) in [5.41, 5.74) is 0.421. The van der Waals surface area contributed by atoms with E-state index in [0.29, 0.717) is 42.0 Å². The maximum Gasteiger partial charge on any atom is 0.294 e. The molecule has 0 aromatic heterocycles. The fourth-order valence-electron chi connectivity index (χ4n) is 2.33. The monoisotopic (exact) mass is 342 g/mol. The van der Waals surface area contributed by atoms with Gasteiger partial charge in [-0.15, -0.1) is 0 Å². The van der Waals surface area contributed by atoms with Crippen molar-refractivity contribution in [1.82, 2.24) is 10.2 Å². The number of benzene rings is 1. The van der Waals surface area contributed by atoms with E-state index in [9.17, 15) is 14.9 Å². The second-order valence-corrected chi connectivity index (χ2v) is 5.62. The number of amides is 1. The first-order chi connectivity index (χ1) is 10.4. The van der Waals surface area contributed by atoms with Crippen molar-refractivity contribution >= 4 is 46.2 Å². The minimum absolute atomic E-state index is 0.00890. The van der Waals surface area contributed by atoms with Crippen LogP contribution in [0.4, 0.5) is 11.4 Å². The van der Waals surface area contributed by atoms with Crippen LogP contribution >= 0.6 is 23.8 Å². The molecule has 1 N–H and O–H groups in total. The van der Waals surface area contributed by atoms with Crippen molar-refractivity contribution in [3.8, 4) is 0 Å². The molecular weight excluding hydrogens is 328 g/mol. The predicted molar refractivity (Wildman–Crippen MR) is 88.3 cm³/mol. The molecule has 1 fully saturated rings. The molecule has 0 saturated carbocycles. The van der Waals surface area contributed by atoms with E-state index < -0.39 is 4.92 Å². The van der Waals surface area contributed by atoms with Crippen LogP contribution in [0.2, 0.25) is 5.02 Å². The Balaban J connectivity index is 2.11. The van der Waals surface area contributed by atoms with E-state index in [2.05, 4.69) is 5.32 Å². The molecule has 0 unspecified atom stereocenters. The SMILES string of the molecule is CC(=O)NC(=S)N1CCN(c2c(Cl)cccc2[N+](=O)[O-])CC1. The zero-order chi connectivity index (χ0) is 16.3. The van der Waals surface area contributed by atoms with Crippen molar-refractivity contribution in [2.24, 2.45) is 0 Å². The molecule has 1 aliphatic heterocycles. The molecule has 2 rings (SSSR count). The van der Waals surface area contributed by atoms with Gasteiger partial charge in [0.05, 0.1) is 9.95 Å². The topological polar surface area (TPSA) is 78.7 Å². The first-order valence-electron chi connectivity index (χ1n) is 6.64. The number of rotatable bonds is 2. The Hall–Kier alpha value is -1.93. The number of para-hydroxylation sites is 1. The van der Waals surface area contributed by atoms with Gasteiger partial charge in [-0.2, -0.15) is 0 Å². The fourth-order valence-corrected chi connectivity index (χ4v) is 2.94. The number of thiocarbonyl (C=S) groups is 1. The molecule has 7 nitrogen and oxygen atoms in total. The zero-order valence-corrected chi connectivity index (χ0v) is 13.5. The molecule has 0 atom stereocenters. The van der Waals surface area contributed by atoms with Gasteiger partial charge in [-0.3, -0.25) is 14.9 Å². The Kier molecular flexibility index (Phi) is 5.15. The molecule has 1 saturated heterocycles. The van der Waals surface area contributed by atoms with Crippen LogP contribution in [0.15, 0.2) is 18.2 Å². The maximum atomic E-state index is 11.2. The Morgan fingerprint density at radius 2 is 2.00 bits per heavy atom. The molecular formula is C13H15ClN4O3S. The molecule has 118 valence electrons. The first kappa shape index (κ1) is 16.4. The van der Waals surface area contributed by atoms with Gasteiger partial charge in [0, 0.05) is 39.2 Å². The molecule has 1 amide bonds. The van der Waals surface area contributed by atoms with Crippen LogP contribution in [-0.2, 0) is 4.79 Å². The summed E-state index contributed by atoms with van der Waals surface area (Å²) in [6.07, 6.45) is 0. The smallest absolute Gasteiger partial charge is 0.294 e. The highest BCUT2D eigenvalue weighted by Gasteiger charge is 2.26. The Bertz CT molecular complexity index is 617. The van der Waals surface area contributed by atoms with E-state index in [0.717, 1.165) is 0 Å². The summed E-state index contributed by atoms with van der Waals surface area (Å²) in [6, 6.07) is 4.64. The molecule has 0 bridgehead atoms. The molecule has 1 aromatic rings. The van der Waals surface area contributed by atoms with E-state index in [1.54, 1.807) is 12.1 Å². The Labute approximate surface area is 138 Å². The summed E-state index contributed by atoms with van der Waals surface area (Å²) in [6.45, 7) is 3.58. The number of nitrogens with zero attached hydrogens (tertiary/aromatic N) is 3. The first-order valence-corrected chi connectivity index (χ1v) is 7.43. The molecule has 0 aliphatic carbocycles. The lowest BCUT2D eigenvalue weighted by Gasteiger charge is -2.37. The van der Waals surface area contributed by atoms with E-state index in [1.165, 1.54) is 13.0 Å². The number of piperazine rings is 1. The van der Waals surface area contributed by atoms with Crippen LogP contribution in [-0.4, -0.2) is 47.0 Å². The van der Waals surface area contributed by atoms with Gasteiger partial charge in [0.2, 0.25) is 5.91 Å². The van der Waals surface area contributed by atoms with Crippen molar-refractivity contribution in [3.63, 3.8) is 0 Å². The third-order valence-corrected chi connectivity index (χ3v) is 3.99. The maximum absolute atomic E-state index is 11.2. The number of hydrogen-bond donors (Lipinski definition) is 1. The minimum atomic E-state index is -0.435. The molecule has 1 aromatic carbocycles. The number of nitrogens with one attached hydrogen (secondary N) is 1. The average molecular weight is 343 g/mol. The number of anilines is 1. The van der Waals surface area contributed by atoms with Crippen molar-refractivity contribution in [2.75, 3.05) is 31.1 Å². The summed E-state index contributed by atoms with van der Waals surface area (Å²) in [5, 5.41) is 14.5. The van der Waals surface area contributed by atoms with Gasteiger partial charge in [0.1, 0.15) is 5.69 Å². The number of nitro benzene ring substituents is 1. The molecule has 9 heteroatoms. The van der Waals surface area contributed by atoms with Gasteiger partial charge in [-0.1, -0.05) is 17.7 Å². The van der Waals surface area contributed by atoms with Crippen LogP contribution in [0.3, 0.4) is 0 Å². The predicted octanol–water partition coefficient (Wildman–Crippen LogP) is 1.79. The van der Waals surface area contributed by atoms with Crippen LogP contribution in [0.5, 0.6) is 0 Å². The highest BCUT2D eigenvalue weighted by molar-refractivity contribution is 7.80. The highest BCUT2D eigenvalue weighted by Crippen LogP contribution is 2.35. The lowest BCUT2D eigenvalue weighted by molar-refractivity contribution is -0.384. The van der Waals surface area contributed by atoms with Crippen LogP contribution < -0.4 is 10.2 Å². The lowest BCUT2D eigenvalue weighted by atomic mass is 10.2. The van der Waals surface area contributed by atoms with Gasteiger partial charge in [-0.05, 0) is 18.3 Å². The van der Waals surface area contributed by atoms with Gasteiger partial charge >= 0.3 is 0 Å². The fraction of sp³-hybridized carbons (Fsp3) is 0.385. The zero-order valence-electron chi connectivity index (χ0n) is 11.9. The highest BCUT2D eigenvalue weighted by atomic mass is 35.5. The van der Waals surface area contributed by atoms with E-state index in [1.807, 2.05) is 9.80 Å². The number of carbonyl (C=O) groups excluding carboxylic acids is 1. The van der Waals surface area contributed by atoms with Crippen molar-refractivity contribution in [3.05, 3.63) is 33.3 Å². The van der Waals surface area contributed by atoms with Crippen molar-refractivity contribution in [1.29, 1.82) is 0 Å². The molecule has 0 spiro atoms. The quantitative estimate of drug-likeness (QED) is 0.501. The molecule has 1 heterocycles. The van der Waals surface area contributed by atoms with E-state index >= 15 is 0 Å². The van der Waals surface area contributed by atoms with Gasteiger partial charge in [0.25, 0.3) is 5.69 Å². The minimum Gasteiger partial charge on any atom is -0.361 e. The third kappa shape index (κ3) is 3.63. The van der Waals surface area contributed by atoms with Gasteiger partial charge in [0.15, 0.2) is 5.11 Å². The number of carbonyl (C=O) groups is 1. The second-order valence-electron chi connectivity index (χ2n) is 4.83. The second kappa shape index (κ2) is 6.89. The number of halogens is 1. The van der Waals surface area contributed by atoms with Gasteiger partial charge in [-0.25, -0.2) is 0 Å². The van der Waals surface area contributed by atoms with E-state index in [-0.39, 0.29) is 11.6 Å². The Morgan fingerprint density at radius 3 is 2.55 bits per heavy atom. The summed E-state index contributed by atoms with van der Waals surface area (Å²) < 4.78 is 0. The third-order valence-electron chi connectivity index (χ3n) is 3.33. The largest absolute Gasteiger partial charge is 0.361 e. The summed E-state index contributed by atoms with van der Waals surface area (Å²) in [4.78, 5) is 25.5.